The van der Waals surface area contributed by atoms with Crippen LogP contribution in [0.25, 0.3) is 21.9 Å². The van der Waals surface area contributed by atoms with Gasteiger partial charge in [-0.15, -0.1) is 0 Å². The summed E-state index contributed by atoms with van der Waals surface area (Å²) in [5.41, 5.74) is 5.65. The van der Waals surface area contributed by atoms with E-state index in [4.69, 9.17) is 16.6 Å². The summed E-state index contributed by atoms with van der Waals surface area (Å²) in [6.07, 6.45) is 1.77. The van der Waals surface area contributed by atoms with Gasteiger partial charge in [0.1, 0.15) is 5.75 Å². The lowest BCUT2D eigenvalue weighted by atomic mass is 10.1. The normalized spacial score (nSPS) is 14.6. The zero-order valence-electron chi connectivity index (χ0n) is 19.1. The number of nitrogens with zero attached hydrogens (tertiary/aromatic N) is 4. The van der Waals surface area contributed by atoms with Gasteiger partial charge in [0, 0.05) is 66.3 Å². The number of aromatic hydroxyl groups is 1. The highest BCUT2D eigenvalue weighted by molar-refractivity contribution is 6.31. The van der Waals surface area contributed by atoms with Crippen molar-refractivity contribution in [2.45, 2.75) is 6.54 Å². The minimum Gasteiger partial charge on any atom is -0.508 e. The Hall–Kier alpha value is -3.81. The number of pyridine rings is 1. The zero-order chi connectivity index (χ0) is 23.8. The van der Waals surface area contributed by atoms with Gasteiger partial charge in [0.05, 0.1) is 16.6 Å². The number of piperazine rings is 1. The zero-order valence-corrected chi connectivity index (χ0v) is 19.8. The molecule has 0 saturated carbocycles. The molecule has 5 aromatic rings. The van der Waals surface area contributed by atoms with Crippen LogP contribution in [0.15, 0.2) is 72.9 Å². The summed E-state index contributed by atoms with van der Waals surface area (Å²) in [6, 6.07) is 21.4. The summed E-state index contributed by atoms with van der Waals surface area (Å²) in [5.74, 6) is 1.23. The maximum absolute atomic E-state index is 10.5. The van der Waals surface area contributed by atoms with Crippen LogP contribution in [0.2, 0.25) is 5.02 Å². The molecule has 1 saturated heterocycles. The maximum atomic E-state index is 10.5. The van der Waals surface area contributed by atoms with Gasteiger partial charge < -0.3 is 20.3 Å². The van der Waals surface area contributed by atoms with Gasteiger partial charge in [-0.25, -0.2) is 4.98 Å². The quantitative estimate of drug-likeness (QED) is 0.284. The van der Waals surface area contributed by atoms with Gasteiger partial charge in [0.25, 0.3) is 0 Å². The molecule has 1 fully saturated rings. The first-order chi connectivity index (χ1) is 17.1. The molecular formula is C27H25ClN6O. The lowest BCUT2D eigenvalue weighted by molar-refractivity contribution is 0.246. The highest BCUT2D eigenvalue weighted by Gasteiger charge is 2.20. The number of anilines is 3. The van der Waals surface area contributed by atoms with E-state index in [1.165, 1.54) is 0 Å². The molecule has 0 radical (unpaired) electrons. The molecular weight excluding hydrogens is 460 g/mol. The summed E-state index contributed by atoms with van der Waals surface area (Å²) in [7, 11) is 0. The SMILES string of the molecule is Oc1ccc(Nc2ccnc3cc(Cl)ccc23)cc1CN1CCN(c2nc3ccccc3[nH]2)CC1. The molecule has 3 N–H and O–H groups in total. The highest BCUT2D eigenvalue weighted by Crippen LogP contribution is 2.30. The van der Waals surface area contributed by atoms with E-state index in [9.17, 15) is 5.11 Å². The van der Waals surface area contributed by atoms with Gasteiger partial charge in [0.2, 0.25) is 5.95 Å². The van der Waals surface area contributed by atoms with Crippen LogP contribution in [0.3, 0.4) is 0 Å². The summed E-state index contributed by atoms with van der Waals surface area (Å²) >= 11 is 6.12. The second-order valence-corrected chi connectivity index (χ2v) is 9.27. The van der Waals surface area contributed by atoms with Crippen molar-refractivity contribution in [2.75, 3.05) is 36.4 Å². The molecule has 35 heavy (non-hydrogen) atoms. The first-order valence-electron chi connectivity index (χ1n) is 11.7. The Morgan fingerprint density at radius 2 is 1.80 bits per heavy atom. The number of nitrogens with one attached hydrogen (secondary N) is 2. The second kappa shape index (κ2) is 9.09. The van der Waals surface area contributed by atoms with E-state index in [0.717, 1.165) is 71.0 Å². The van der Waals surface area contributed by atoms with E-state index in [-0.39, 0.29) is 0 Å². The van der Waals surface area contributed by atoms with Gasteiger partial charge in [-0.05, 0) is 54.6 Å². The van der Waals surface area contributed by atoms with Crippen LogP contribution in [0, 0.1) is 0 Å². The molecule has 7 nitrogen and oxygen atoms in total. The number of benzene rings is 3. The Morgan fingerprint density at radius 1 is 0.943 bits per heavy atom. The van der Waals surface area contributed by atoms with Gasteiger partial charge in [0.15, 0.2) is 0 Å². The number of H-pyrrole nitrogens is 1. The molecule has 1 aliphatic rings. The minimum absolute atomic E-state index is 0.307. The molecule has 1 aliphatic heterocycles. The molecule has 2 aromatic heterocycles. The molecule has 0 atom stereocenters. The van der Waals surface area contributed by atoms with Crippen molar-refractivity contribution >= 4 is 50.9 Å². The fourth-order valence-electron chi connectivity index (χ4n) is 4.62. The summed E-state index contributed by atoms with van der Waals surface area (Å²) in [4.78, 5) is 17.2. The van der Waals surface area contributed by atoms with Crippen LogP contribution < -0.4 is 10.2 Å². The molecule has 0 spiro atoms. The number of aromatic amines is 1. The van der Waals surface area contributed by atoms with Crippen LogP contribution in [0.4, 0.5) is 17.3 Å². The number of rotatable bonds is 5. The van der Waals surface area contributed by atoms with E-state index in [0.29, 0.717) is 17.3 Å². The molecule has 0 unspecified atom stereocenters. The summed E-state index contributed by atoms with van der Waals surface area (Å²) < 4.78 is 0. The average Bonchev–Trinajstić information content (AvgIpc) is 3.31. The van der Waals surface area contributed by atoms with Crippen molar-refractivity contribution in [3.05, 3.63) is 83.5 Å². The van der Waals surface area contributed by atoms with Crippen molar-refractivity contribution in [1.29, 1.82) is 0 Å². The molecule has 6 rings (SSSR count). The Balaban J connectivity index is 1.14. The van der Waals surface area contributed by atoms with E-state index in [2.05, 4.69) is 31.2 Å². The lowest BCUT2D eigenvalue weighted by Crippen LogP contribution is -2.46. The summed E-state index contributed by atoms with van der Waals surface area (Å²) in [5, 5.41) is 15.7. The third-order valence-electron chi connectivity index (χ3n) is 6.51. The van der Waals surface area contributed by atoms with Crippen LogP contribution in [0.1, 0.15) is 5.56 Å². The van der Waals surface area contributed by atoms with Gasteiger partial charge >= 0.3 is 0 Å². The Labute approximate surface area is 208 Å². The van der Waals surface area contributed by atoms with E-state index >= 15 is 0 Å². The third-order valence-corrected chi connectivity index (χ3v) is 6.74. The smallest absolute Gasteiger partial charge is 0.203 e. The number of hydrogen-bond donors (Lipinski definition) is 3. The molecule has 0 bridgehead atoms. The number of phenolic OH excluding ortho intramolecular Hbond substituents is 1. The van der Waals surface area contributed by atoms with Crippen LogP contribution in [-0.2, 0) is 6.54 Å². The predicted octanol–water partition coefficient (Wildman–Crippen LogP) is 5.54. The Bertz CT molecular complexity index is 1480. The second-order valence-electron chi connectivity index (χ2n) is 8.83. The average molecular weight is 485 g/mol. The van der Waals surface area contributed by atoms with Crippen molar-refractivity contribution in [2.24, 2.45) is 0 Å². The predicted molar refractivity (Wildman–Crippen MR) is 142 cm³/mol. The van der Waals surface area contributed by atoms with Crippen LogP contribution >= 0.6 is 11.6 Å². The number of imidazole rings is 1. The Kier molecular flexibility index (Phi) is 5.64. The maximum Gasteiger partial charge on any atom is 0.203 e. The van der Waals surface area contributed by atoms with Crippen LogP contribution in [-0.4, -0.2) is 51.1 Å². The molecule has 8 heteroatoms. The third kappa shape index (κ3) is 4.48. The number of hydrogen-bond acceptors (Lipinski definition) is 6. The van der Waals surface area contributed by atoms with E-state index < -0.39 is 0 Å². The van der Waals surface area contributed by atoms with Gasteiger partial charge in [-0.1, -0.05) is 23.7 Å². The summed E-state index contributed by atoms with van der Waals surface area (Å²) in [6.45, 7) is 4.23. The fourth-order valence-corrected chi connectivity index (χ4v) is 4.79. The number of fused-ring (bicyclic) bond motifs is 2. The Morgan fingerprint density at radius 3 is 2.66 bits per heavy atom. The minimum atomic E-state index is 0.307. The van der Waals surface area contributed by atoms with Crippen molar-refractivity contribution < 1.29 is 5.11 Å². The van der Waals surface area contributed by atoms with E-state index in [1.807, 2.05) is 54.6 Å². The number of aromatic nitrogens is 3. The molecule has 176 valence electrons. The molecule has 0 aliphatic carbocycles. The molecule has 0 amide bonds. The van der Waals surface area contributed by atoms with Crippen molar-refractivity contribution in [1.82, 2.24) is 19.9 Å². The lowest BCUT2D eigenvalue weighted by Gasteiger charge is -2.34. The highest BCUT2D eigenvalue weighted by atomic mass is 35.5. The topological polar surface area (TPSA) is 80.3 Å². The monoisotopic (exact) mass is 484 g/mol. The first-order valence-corrected chi connectivity index (χ1v) is 12.1. The first kappa shape index (κ1) is 21.7. The van der Waals surface area contributed by atoms with Crippen LogP contribution in [0.5, 0.6) is 5.75 Å². The molecule has 3 heterocycles. The largest absolute Gasteiger partial charge is 0.508 e. The van der Waals surface area contributed by atoms with Gasteiger partial charge in [-0.2, -0.15) is 0 Å². The number of phenols is 1. The van der Waals surface area contributed by atoms with Crippen molar-refractivity contribution in [3.8, 4) is 5.75 Å². The van der Waals surface area contributed by atoms with E-state index in [1.54, 1.807) is 12.3 Å². The standard InChI is InChI=1S/C27H25ClN6O/c28-19-5-7-21-22(9-10-29-25(21)16-19)30-20-6-8-26(35)18(15-20)17-33-11-13-34(14-12-33)27-31-23-3-1-2-4-24(23)32-27/h1-10,15-16,35H,11-14,17H2,(H,29,30)(H,31,32). The van der Waals surface area contributed by atoms with Crippen molar-refractivity contribution in [3.63, 3.8) is 0 Å². The number of para-hydroxylation sites is 2. The molecule has 3 aromatic carbocycles. The fraction of sp³-hybridized carbons (Fsp3) is 0.185. The van der Waals surface area contributed by atoms with Gasteiger partial charge in [-0.3, -0.25) is 9.88 Å². The number of halogens is 1.